The van der Waals surface area contributed by atoms with Crippen LogP contribution in [-0.4, -0.2) is 22.5 Å². The second-order valence-corrected chi connectivity index (χ2v) is 4.00. The highest BCUT2D eigenvalue weighted by atomic mass is 19.1. The summed E-state index contributed by atoms with van der Waals surface area (Å²) in [6.07, 6.45) is 3.96. The fourth-order valence-corrected chi connectivity index (χ4v) is 1.69. The van der Waals surface area contributed by atoms with E-state index in [9.17, 15) is 14.3 Å². The molecular weight excluding hydrogens is 247 g/mol. The number of aromatic nitrogens is 1. The Bertz CT molecular complexity index is 553. The Kier molecular flexibility index (Phi) is 4.07. The molecule has 2 N–H and O–H groups in total. The van der Waals surface area contributed by atoms with Crippen LogP contribution in [0.1, 0.15) is 15.9 Å². The Labute approximate surface area is 109 Å². The molecule has 0 atom stereocenters. The van der Waals surface area contributed by atoms with Crippen molar-refractivity contribution in [3.05, 3.63) is 59.7 Å². The molecule has 0 spiro atoms. The Hall–Kier alpha value is -2.43. The SMILES string of the molecule is O=C(NCCc1cccnc1)c1c(O)cccc1F. The molecule has 0 saturated heterocycles. The molecule has 0 aliphatic rings. The summed E-state index contributed by atoms with van der Waals surface area (Å²) >= 11 is 0. The Morgan fingerprint density at radius 2 is 2.16 bits per heavy atom. The average Bonchev–Trinajstić information content (AvgIpc) is 2.40. The molecule has 0 fully saturated rings. The van der Waals surface area contributed by atoms with Gasteiger partial charge in [-0.05, 0) is 30.2 Å². The number of aromatic hydroxyl groups is 1. The van der Waals surface area contributed by atoms with E-state index in [1.54, 1.807) is 18.5 Å². The number of rotatable bonds is 4. The summed E-state index contributed by atoms with van der Waals surface area (Å²) in [5.74, 6) is -1.72. The molecule has 0 aliphatic heterocycles. The monoisotopic (exact) mass is 260 g/mol. The standard InChI is InChI=1S/C14H13FN2O2/c15-11-4-1-5-12(18)13(11)14(19)17-8-6-10-3-2-7-16-9-10/h1-5,7,9,18H,6,8H2,(H,17,19). The lowest BCUT2D eigenvalue weighted by molar-refractivity contribution is 0.0947. The van der Waals surface area contributed by atoms with Crippen LogP contribution in [0, 0.1) is 5.82 Å². The molecule has 2 aromatic rings. The van der Waals surface area contributed by atoms with Gasteiger partial charge in [0.05, 0.1) is 0 Å². The first-order chi connectivity index (χ1) is 9.18. The minimum Gasteiger partial charge on any atom is -0.507 e. The minimum absolute atomic E-state index is 0.325. The van der Waals surface area contributed by atoms with Crippen molar-refractivity contribution >= 4 is 5.91 Å². The number of halogens is 1. The zero-order valence-corrected chi connectivity index (χ0v) is 10.1. The zero-order valence-electron chi connectivity index (χ0n) is 10.1. The van der Waals surface area contributed by atoms with Crippen molar-refractivity contribution in [2.24, 2.45) is 0 Å². The van der Waals surface area contributed by atoms with Gasteiger partial charge in [0.2, 0.25) is 0 Å². The fraction of sp³-hybridized carbons (Fsp3) is 0.143. The smallest absolute Gasteiger partial charge is 0.258 e. The van der Waals surface area contributed by atoms with E-state index in [2.05, 4.69) is 10.3 Å². The molecular formula is C14H13FN2O2. The van der Waals surface area contributed by atoms with Gasteiger partial charge in [0.15, 0.2) is 0 Å². The van der Waals surface area contributed by atoms with Crippen LogP contribution in [-0.2, 0) is 6.42 Å². The first kappa shape index (κ1) is 13.0. The highest BCUT2D eigenvalue weighted by molar-refractivity contribution is 5.97. The van der Waals surface area contributed by atoms with Crippen LogP contribution in [0.15, 0.2) is 42.7 Å². The van der Waals surface area contributed by atoms with Crippen molar-refractivity contribution in [1.29, 1.82) is 0 Å². The highest BCUT2D eigenvalue weighted by Gasteiger charge is 2.15. The topological polar surface area (TPSA) is 62.2 Å². The third-order valence-corrected chi connectivity index (χ3v) is 2.64. The zero-order chi connectivity index (χ0) is 13.7. The third kappa shape index (κ3) is 3.28. The van der Waals surface area contributed by atoms with Crippen molar-refractivity contribution in [3.63, 3.8) is 0 Å². The maximum absolute atomic E-state index is 13.4. The van der Waals surface area contributed by atoms with E-state index in [4.69, 9.17) is 0 Å². The van der Waals surface area contributed by atoms with Crippen LogP contribution in [0.25, 0.3) is 0 Å². The number of pyridine rings is 1. The van der Waals surface area contributed by atoms with Gasteiger partial charge in [0, 0.05) is 18.9 Å². The fourth-order valence-electron chi connectivity index (χ4n) is 1.69. The van der Waals surface area contributed by atoms with E-state index in [1.807, 2.05) is 6.07 Å². The van der Waals surface area contributed by atoms with Gasteiger partial charge in [0.25, 0.3) is 5.91 Å². The highest BCUT2D eigenvalue weighted by Crippen LogP contribution is 2.19. The number of nitrogens with zero attached hydrogens (tertiary/aromatic N) is 1. The number of amides is 1. The van der Waals surface area contributed by atoms with Gasteiger partial charge in [0.1, 0.15) is 17.1 Å². The first-order valence-electron chi connectivity index (χ1n) is 5.83. The Morgan fingerprint density at radius 3 is 2.84 bits per heavy atom. The number of hydrogen-bond acceptors (Lipinski definition) is 3. The lowest BCUT2D eigenvalue weighted by atomic mass is 10.1. The van der Waals surface area contributed by atoms with Gasteiger partial charge in [-0.15, -0.1) is 0 Å². The minimum atomic E-state index is -0.737. The van der Waals surface area contributed by atoms with Gasteiger partial charge in [-0.2, -0.15) is 0 Å². The summed E-state index contributed by atoms with van der Waals surface area (Å²) in [6, 6.07) is 7.45. The summed E-state index contributed by atoms with van der Waals surface area (Å²) in [7, 11) is 0. The van der Waals surface area contributed by atoms with Gasteiger partial charge >= 0.3 is 0 Å². The summed E-state index contributed by atoms with van der Waals surface area (Å²) in [4.78, 5) is 15.7. The molecule has 0 radical (unpaired) electrons. The maximum atomic E-state index is 13.4. The summed E-state index contributed by atoms with van der Waals surface area (Å²) in [6.45, 7) is 0.346. The number of benzene rings is 1. The molecule has 1 aromatic carbocycles. The van der Waals surface area contributed by atoms with E-state index in [-0.39, 0.29) is 11.3 Å². The van der Waals surface area contributed by atoms with Crippen LogP contribution in [0.5, 0.6) is 5.75 Å². The van der Waals surface area contributed by atoms with Crippen molar-refractivity contribution in [2.45, 2.75) is 6.42 Å². The molecule has 0 unspecified atom stereocenters. The molecule has 0 saturated carbocycles. The molecule has 0 aliphatic carbocycles. The summed E-state index contributed by atoms with van der Waals surface area (Å²) < 4.78 is 13.4. The Balaban J connectivity index is 1.95. The third-order valence-electron chi connectivity index (χ3n) is 2.64. The molecule has 1 heterocycles. The predicted octanol–water partition coefficient (Wildman–Crippen LogP) is 1.90. The van der Waals surface area contributed by atoms with Gasteiger partial charge in [-0.25, -0.2) is 4.39 Å². The van der Waals surface area contributed by atoms with Gasteiger partial charge in [-0.3, -0.25) is 9.78 Å². The second-order valence-electron chi connectivity index (χ2n) is 4.00. The predicted molar refractivity (Wildman–Crippen MR) is 68.3 cm³/mol. The Morgan fingerprint density at radius 1 is 1.32 bits per heavy atom. The van der Waals surface area contributed by atoms with Crippen molar-refractivity contribution in [3.8, 4) is 5.75 Å². The quantitative estimate of drug-likeness (QED) is 0.882. The maximum Gasteiger partial charge on any atom is 0.258 e. The lowest BCUT2D eigenvalue weighted by Crippen LogP contribution is -2.26. The van der Waals surface area contributed by atoms with Crippen LogP contribution in [0.2, 0.25) is 0 Å². The number of carbonyl (C=O) groups excluding carboxylic acids is 1. The number of phenols is 1. The normalized spacial score (nSPS) is 10.2. The summed E-state index contributed by atoms with van der Waals surface area (Å²) in [5, 5.41) is 12.0. The molecule has 98 valence electrons. The number of hydrogen-bond donors (Lipinski definition) is 2. The van der Waals surface area contributed by atoms with Crippen LogP contribution in [0.4, 0.5) is 4.39 Å². The molecule has 5 heteroatoms. The number of carbonyl (C=O) groups is 1. The van der Waals surface area contributed by atoms with Crippen molar-refractivity contribution in [2.75, 3.05) is 6.54 Å². The number of phenolic OH excluding ortho intramolecular Hbond substituents is 1. The van der Waals surface area contributed by atoms with Crippen LogP contribution in [0.3, 0.4) is 0 Å². The number of nitrogens with one attached hydrogen (secondary N) is 1. The van der Waals surface area contributed by atoms with Gasteiger partial charge in [-0.1, -0.05) is 12.1 Å². The van der Waals surface area contributed by atoms with Crippen LogP contribution < -0.4 is 5.32 Å². The van der Waals surface area contributed by atoms with E-state index in [0.717, 1.165) is 11.6 Å². The molecule has 1 amide bonds. The summed E-state index contributed by atoms with van der Waals surface area (Å²) in [5.41, 5.74) is 0.647. The first-order valence-corrected chi connectivity index (χ1v) is 5.83. The van der Waals surface area contributed by atoms with Crippen LogP contribution >= 0.6 is 0 Å². The van der Waals surface area contributed by atoms with Crippen molar-refractivity contribution in [1.82, 2.24) is 10.3 Å². The molecule has 2 rings (SSSR count). The van der Waals surface area contributed by atoms with E-state index in [1.165, 1.54) is 12.1 Å². The molecule has 1 aromatic heterocycles. The largest absolute Gasteiger partial charge is 0.507 e. The average molecular weight is 260 g/mol. The molecule has 0 bridgehead atoms. The van der Waals surface area contributed by atoms with E-state index < -0.39 is 11.7 Å². The lowest BCUT2D eigenvalue weighted by Gasteiger charge is -2.07. The molecule has 4 nitrogen and oxygen atoms in total. The van der Waals surface area contributed by atoms with Gasteiger partial charge < -0.3 is 10.4 Å². The van der Waals surface area contributed by atoms with E-state index in [0.29, 0.717) is 13.0 Å². The molecule has 19 heavy (non-hydrogen) atoms. The van der Waals surface area contributed by atoms with E-state index >= 15 is 0 Å². The second kappa shape index (κ2) is 5.95. The van der Waals surface area contributed by atoms with Crippen molar-refractivity contribution < 1.29 is 14.3 Å².